The van der Waals surface area contributed by atoms with Crippen LogP contribution < -0.4 is 5.73 Å². The summed E-state index contributed by atoms with van der Waals surface area (Å²) >= 11 is 15.6. The first-order chi connectivity index (χ1) is 10.1. The standard InChI is InChI=1S/C15H10BrCl2N3/c16-11-4-2-1-3-10(11)15-13(19)8-21(20-15)14-6-5-9(17)7-12(14)18/h1-8H,19H2. The highest BCUT2D eigenvalue weighted by Gasteiger charge is 2.13. The van der Waals surface area contributed by atoms with Gasteiger partial charge in [0.15, 0.2) is 0 Å². The number of nitrogens with zero attached hydrogens (tertiary/aromatic N) is 2. The van der Waals surface area contributed by atoms with Crippen LogP contribution in [0, 0.1) is 0 Å². The van der Waals surface area contributed by atoms with Crippen LogP contribution in [-0.4, -0.2) is 9.78 Å². The van der Waals surface area contributed by atoms with Gasteiger partial charge in [-0.2, -0.15) is 5.10 Å². The molecular weight excluding hydrogens is 373 g/mol. The molecule has 0 saturated carbocycles. The van der Waals surface area contributed by atoms with Gasteiger partial charge in [0.25, 0.3) is 0 Å². The second-order valence-corrected chi connectivity index (χ2v) is 6.15. The Balaban J connectivity index is 2.12. The molecule has 3 rings (SSSR count). The zero-order valence-corrected chi connectivity index (χ0v) is 13.8. The van der Waals surface area contributed by atoms with Crippen molar-refractivity contribution < 1.29 is 0 Å². The predicted octanol–water partition coefficient (Wildman–Crippen LogP) is 5.19. The summed E-state index contributed by atoms with van der Waals surface area (Å²) in [5.41, 5.74) is 9.02. The van der Waals surface area contributed by atoms with Crippen molar-refractivity contribution in [3.63, 3.8) is 0 Å². The molecule has 3 aromatic rings. The molecule has 0 aliphatic carbocycles. The van der Waals surface area contributed by atoms with Gasteiger partial charge in [0.2, 0.25) is 0 Å². The summed E-state index contributed by atoms with van der Waals surface area (Å²) in [6, 6.07) is 13.0. The SMILES string of the molecule is Nc1cn(-c2ccc(Cl)cc2Cl)nc1-c1ccccc1Br. The van der Waals surface area contributed by atoms with Gasteiger partial charge in [-0.15, -0.1) is 0 Å². The van der Waals surface area contributed by atoms with E-state index in [1.165, 1.54) is 0 Å². The lowest BCUT2D eigenvalue weighted by Gasteiger charge is -2.04. The average molecular weight is 383 g/mol. The molecule has 2 aromatic carbocycles. The first-order valence-corrected chi connectivity index (χ1v) is 7.66. The van der Waals surface area contributed by atoms with Gasteiger partial charge in [0.05, 0.1) is 22.6 Å². The maximum atomic E-state index is 6.21. The zero-order chi connectivity index (χ0) is 15.0. The van der Waals surface area contributed by atoms with Crippen LogP contribution in [-0.2, 0) is 0 Å². The molecule has 0 unspecified atom stereocenters. The van der Waals surface area contributed by atoms with Gasteiger partial charge in [-0.05, 0) is 24.3 Å². The van der Waals surface area contributed by atoms with E-state index in [4.69, 9.17) is 28.9 Å². The van der Waals surface area contributed by atoms with Crippen LogP contribution in [0.3, 0.4) is 0 Å². The Morgan fingerprint density at radius 3 is 2.57 bits per heavy atom. The largest absolute Gasteiger partial charge is 0.396 e. The van der Waals surface area contributed by atoms with Crippen LogP contribution in [0.4, 0.5) is 5.69 Å². The van der Waals surface area contributed by atoms with Crippen LogP contribution in [0.1, 0.15) is 0 Å². The van der Waals surface area contributed by atoms with Crippen LogP contribution in [0.2, 0.25) is 10.0 Å². The van der Waals surface area contributed by atoms with Crippen molar-refractivity contribution in [2.75, 3.05) is 5.73 Å². The van der Waals surface area contributed by atoms with Gasteiger partial charge in [-0.25, -0.2) is 4.68 Å². The van der Waals surface area contributed by atoms with Gasteiger partial charge in [0.1, 0.15) is 5.69 Å². The summed E-state index contributed by atoms with van der Waals surface area (Å²) in [6.45, 7) is 0. The van der Waals surface area contributed by atoms with E-state index >= 15 is 0 Å². The second-order valence-electron chi connectivity index (χ2n) is 4.45. The monoisotopic (exact) mass is 381 g/mol. The van der Waals surface area contributed by atoms with Gasteiger partial charge >= 0.3 is 0 Å². The van der Waals surface area contributed by atoms with Gasteiger partial charge < -0.3 is 5.73 Å². The molecule has 2 N–H and O–H groups in total. The lowest BCUT2D eigenvalue weighted by Crippen LogP contribution is -1.96. The van der Waals surface area contributed by atoms with Crippen LogP contribution >= 0.6 is 39.1 Å². The number of nitrogen functional groups attached to an aromatic ring is 1. The highest BCUT2D eigenvalue weighted by Crippen LogP contribution is 2.32. The highest BCUT2D eigenvalue weighted by molar-refractivity contribution is 9.10. The molecule has 6 heteroatoms. The fraction of sp³-hybridized carbons (Fsp3) is 0. The maximum Gasteiger partial charge on any atom is 0.117 e. The van der Waals surface area contributed by atoms with E-state index in [9.17, 15) is 0 Å². The molecule has 1 heterocycles. The number of halogens is 3. The minimum Gasteiger partial charge on any atom is -0.396 e. The fourth-order valence-electron chi connectivity index (χ4n) is 2.04. The first kappa shape index (κ1) is 14.4. The minimum absolute atomic E-state index is 0.517. The molecule has 0 atom stereocenters. The van der Waals surface area contributed by atoms with Gasteiger partial charge in [0, 0.05) is 15.1 Å². The van der Waals surface area contributed by atoms with E-state index in [1.807, 2.05) is 24.3 Å². The topological polar surface area (TPSA) is 43.8 Å². The molecule has 0 aliphatic heterocycles. The van der Waals surface area contributed by atoms with Crippen LogP contribution in [0.15, 0.2) is 53.1 Å². The molecule has 0 fully saturated rings. The molecule has 0 bridgehead atoms. The van der Waals surface area contributed by atoms with Crippen molar-refractivity contribution in [2.24, 2.45) is 0 Å². The Morgan fingerprint density at radius 2 is 1.86 bits per heavy atom. The van der Waals surface area contributed by atoms with Crippen LogP contribution in [0.25, 0.3) is 16.9 Å². The Bertz CT molecular complexity index is 814. The summed E-state index contributed by atoms with van der Waals surface area (Å²) in [6.07, 6.45) is 1.74. The number of rotatable bonds is 2. The molecule has 0 spiro atoms. The summed E-state index contributed by atoms with van der Waals surface area (Å²) in [5.74, 6) is 0. The number of anilines is 1. The third-order valence-electron chi connectivity index (χ3n) is 3.03. The molecule has 1 aromatic heterocycles. The van der Waals surface area contributed by atoms with Crippen molar-refractivity contribution in [1.29, 1.82) is 0 Å². The Kier molecular flexibility index (Phi) is 3.93. The number of hydrogen-bond acceptors (Lipinski definition) is 2. The zero-order valence-electron chi connectivity index (χ0n) is 10.7. The Labute approximate surface area is 140 Å². The first-order valence-electron chi connectivity index (χ1n) is 6.12. The number of benzene rings is 2. The molecular formula is C15H10BrCl2N3. The molecule has 0 saturated heterocycles. The number of aromatic nitrogens is 2. The minimum atomic E-state index is 0.517. The Hall–Kier alpha value is -1.49. The number of hydrogen-bond donors (Lipinski definition) is 1. The molecule has 0 aliphatic rings. The van der Waals surface area contributed by atoms with E-state index in [-0.39, 0.29) is 0 Å². The summed E-state index contributed by atoms with van der Waals surface area (Å²) in [5, 5.41) is 5.63. The van der Waals surface area contributed by atoms with Crippen molar-refractivity contribution in [3.05, 3.63) is 63.2 Å². The smallest absolute Gasteiger partial charge is 0.117 e. The molecule has 106 valence electrons. The van der Waals surface area contributed by atoms with E-state index in [0.29, 0.717) is 21.4 Å². The van der Waals surface area contributed by atoms with Crippen molar-refractivity contribution in [2.45, 2.75) is 0 Å². The van der Waals surface area contributed by atoms with Crippen LogP contribution in [0.5, 0.6) is 0 Å². The lowest BCUT2D eigenvalue weighted by atomic mass is 10.1. The molecule has 21 heavy (non-hydrogen) atoms. The highest BCUT2D eigenvalue weighted by atomic mass is 79.9. The Morgan fingerprint density at radius 1 is 1.10 bits per heavy atom. The fourth-order valence-corrected chi connectivity index (χ4v) is 3.01. The van der Waals surface area contributed by atoms with Crippen molar-refractivity contribution in [3.8, 4) is 16.9 Å². The molecule has 0 amide bonds. The van der Waals surface area contributed by atoms with Gasteiger partial charge in [-0.1, -0.05) is 57.3 Å². The summed E-state index contributed by atoms with van der Waals surface area (Å²) < 4.78 is 2.59. The van der Waals surface area contributed by atoms with Crippen molar-refractivity contribution in [1.82, 2.24) is 9.78 Å². The third-order valence-corrected chi connectivity index (χ3v) is 4.26. The average Bonchev–Trinajstić information content (AvgIpc) is 2.81. The van der Waals surface area contributed by atoms with Crippen molar-refractivity contribution >= 4 is 44.8 Å². The van der Waals surface area contributed by atoms with E-state index in [2.05, 4.69) is 21.0 Å². The second kappa shape index (κ2) is 5.72. The van der Waals surface area contributed by atoms with E-state index in [0.717, 1.165) is 15.7 Å². The van der Waals surface area contributed by atoms with E-state index < -0.39 is 0 Å². The van der Waals surface area contributed by atoms with Gasteiger partial charge in [-0.3, -0.25) is 0 Å². The molecule has 0 radical (unpaired) electrons. The predicted molar refractivity (Wildman–Crippen MR) is 91.1 cm³/mol. The molecule has 3 nitrogen and oxygen atoms in total. The van der Waals surface area contributed by atoms with E-state index in [1.54, 1.807) is 29.1 Å². The quantitative estimate of drug-likeness (QED) is 0.662. The lowest BCUT2D eigenvalue weighted by molar-refractivity contribution is 0.884. The summed E-state index contributed by atoms with van der Waals surface area (Å²) in [4.78, 5) is 0. The normalized spacial score (nSPS) is 10.8. The third kappa shape index (κ3) is 2.79. The summed E-state index contributed by atoms with van der Waals surface area (Å²) in [7, 11) is 0. The number of nitrogens with two attached hydrogens (primary N) is 1. The maximum absolute atomic E-state index is 6.21.